The molecular formula is C13H14Cl2N2O4. The van der Waals surface area contributed by atoms with Crippen LogP contribution < -0.4 is 5.32 Å². The van der Waals surface area contributed by atoms with Gasteiger partial charge in [-0.15, -0.1) is 0 Å². The molecule has 6 nitrogen and oxygen atoms in total. The number of non-ortho nitro benzene ring substituents is 1. The number of hydrogen-bond acceptors (Lipinski definition) is 4. The van der Waals surface area contributed by atoms with Crippen molar-refractivity contribution >= 4 is 34.8 Å². The van der Waals surface area contributed by atoms with Gasteiger partial charge in [0.2, 0.25) is 0 Å². The summed E-state index contributed by atoms with van der Waals surface area (Å²) in [5.74, 6) is -0.468. The van der Waals surface area contributed by atoms with Crippen LogP contribution in [0.5, 0.6) is 0 Å². The molecule has 114 valence electrons. The molecule has 8 heteroatoms. The summed E-state index contributed by atoms with van der Waals surface area (Å²) in [4.78, 5) is 22.5. The van der Waals surface area contributed by atoms with Crippen LogP contribution >= 0.6 is 23.2 Å². The van der Waals surface area contributed by atoms with Crippen molar-refractivity contribution in [3.8, 4) is 0 Å². The van der Waals surface area contributed by atoms with Gasteiger partial charge < -0.3 is 10.1 Å². The highest BCUT2D eigenvalue weighted by molar-refractivity contribution is 6.44. The highest BCUT2D eigenvalue weighted by Gasteiger charge is 2.24. The molecule has 0 saturated carbocycles. The molecule has 1 N–H and O–H groups in total. The molecular weight excluding hydrogens is 319 g/mol. The maximum Gasteiger partial charge on any atom is 0.271 e. The zero-order valence-electron chi connectivity index (χ0n) is 11.3. The number of nitro groups is 1. The molecule has 1 aliphatic rings. The maximum atomic E-state index is 12.2. The Kier molecular flexibility index (Phi) is 5.03. The van der Waals surface area contributed by atoms with E-state index in [1.807, 2.05) is 6.92 Å². The van der Waals surface area contributed by atoms with Crippen LogP contribution in [0.4, 0.5) is 5.69 Å². The largest absolute Gasteiger partial charge is 0.378 e. The Bertz CT molecular complexity index is 580. The summed E-state index contributed by atoms with van der Waals surface area (Å²) in [6.45, 7) is 2.49. The second kappa shape index (κ2) is 6.60. The predicted molar refractivity (Wildman–Crippen MR) is 79.0 cm³/mol. The number of nitro benzene ring substituents is 1. The lowest BCUT2D eigenvalue weighted by atomic mass is 10.0. The average Bonchev–Trinajstić information content (AvgIpc) is 2.41. The number of nitrogens with one attached hydrogen (secondary N) is 1. The number of benzene rings is 1. The zero-order chi connectivity index (χ0) is 15.6. The van der Waals surface area contributed by atoms with E-state index in [1.165, 1.54) is 0 Å². The van der Waals surface area contributed by atoms with Crippen LogP contribution in [0.1, 0.15) is 30.1 Å². The van der Waals surface area contributed by atoms with E-state index >= 15 is 0 Å². The average molecular weight is 333 g/mol. The summed E-state index contributed by atoms with van der Waals surface area (Å²) in [5, 5.41) is 13.6. The number of rotatable bonds is 3. The van der Waals surface area contributed by atoms with Gasteiger partial charge in [-0.2, -0.15) is 0 Å². The standard InChI is InChI=1S/C13H14Cl2N2O4/c1-7-4-8(2-3-21-7)16-13(18)10-5-9(17(19)20)6-11(14)12(10)15/h5-8H,2-4H2,1H3,(H,16,18). The summed E-state index contributed by atoms with van der Waals surface area (Å²) < 4.78 is 5.40. The van der Waals surface area contributed by atoms with Gasteiger partial charge in [-0.1, -0.05) is 23.2 Å². The SMILES string of the molecule is CC1CC(NC(=O)c2cc([N+](=O)[O-])cc(Cl)c2Cl)CCO1. The summed E-state index contributed by atoms with van der Waals surface area (Å²) in [7, 11) is 0. The van der Waals surface area contributed by atoms with Gasteiger partial charge in [-0.3, -0.25) is 14.9 Å². The van der Waals surface area contributed by atoms with E-state index < -0.39 is 10.8 Å². The molecule has 1 aromatic rings. The second-order valence-corrected chi connectivity index (χ2v) is 5.71. The topological polar surface area (TPSA) is 81.5 Å². The van der Waals surface area contributed by atoms with Gasteiger partial charge >= 0.3 is 0 Å². The Morgan fingerprint density at radius 2 is 2.19 bits per heavy atom. The minimum Gasteiger partial charge on any atom is -0.378 e. The molecule has 0 aromatic heterocycles. The third-order valence-electron chi connectivity index (χ3n) is 3.29. The smallest absolute Gasteiger partial charge is 0.271 e. The van der Waals surface area contributed by atoms with Crippen molar-refractivity contribution in [3.05, 3.63) is 37.9 Å². The maximum absolute atomic E-state index is 12.2. The van der Waals surface area contributed by atoms with E-state index in [0.717, 1.165) is 12.1 Å². The molecule has 1 heterocycles. The summed E-state index contributed by atoms with van der Waals surface area (Å²) in [5.41, 5.74) is -0.259. The fraction of sp³-hybridized carbons (Fsp3) is 0.462. The highest BCUT2D eigenvalue weighted by atomic mass is 35.5. The monoisotopic (exact) mass is 332 g/mol. The third-order valence-corrected chi connectivity index (χ3v) is 4.09. The van der Waals surface area contributed by atoms with Gasteiger partial charge in [-0.05, 0) is 19.8 Å². The third kappa shape index (κ3) is 3.84. The molecule has 21 heavy (non-hydrogen) atoms. The molecule has 1 saturated heterocycles. The Hall–Kier alpha value is -1.37. The summed E-state index contributed by atoms with van der Waals surface area (Å²) in [6.07, 6.45) is 1.44. The first-order valence-corrected chi connectivity index (χ1v) is 7.20. The first-order valence-electron chi connectivity index (χ1n) is 6.44. The molecule has 0 spiro atoms. The van der Waals surface area contributed by atoms with E-state index in [4.69, 9.17) is 27.9 Å². The van der Waals surface area contributed by atoms with E-state index in [9.17, 15) is 14.9 Å². The van der Waals surface area contributed by atoms with E-state index in [1.54, 1.807) is 0 Å². The van der Waals surface area contributed by atoms with Crippen molar-refractivity contribution in [1.82, 2.24) is 5.32 Å². The van der Waals surface area contributed by atoms with Crippen molar-refractivity contribution in [2.45, 2.75) is 31.9 Å². The number of hydrogen-bond donors (Lipinski definition) is 1. The number of nitrogens with zero attached hydrogens (tertiary/aromatic N) is 1. The summed E-state index contributed by atoms with van der Waals surface area (Å²) in [6, 6.07) is 2.21. The number of amides is 1. The number of ether oxygens (including phenoxy) is 1. The fourth-order valence-corrected chi connectivity index (χ4v) is 2.65. The normalized spacial score (nSPS) is 21.9. The first-order chi connectivity index (χ1) is 9.88. The first kappa shape index (κ1) is 16.0. The van der Waals surface area contributed by atoms with Crippen molar-refractivity contribution in [3.63, 3.8) is 0 Å². The van der Waals surface area contributed by atoms with Crippen LogP contribution in [-0.2, 0) is 4.74 Å². The van der Waals surface area contributed by atoms with Gasteiger partial charge in [0.15, 0.2) is 0 Å². The van der Waals surface area contributed by atoms with Crippen LogP contribution in [0.15, 0.2) is 12.1 Å². The van der Waals surface area contributed by atoms with Crippen molar-refractivity contribution < 1.29 is 14.5 Å². The lowest BCUT2D eigenvalue weighted by molar-refractivity contribution is -0.384. The quantitative estimate of drug-likeness (QED) is 0.680. The lowest BCUT2D eigenvalue weighted by Gasteiger charge is -2.28. The van der Waals surface area contributed by atoms with Gasteiger partial charge in [0.25, 0.3) is 11.6 Å². The van der Waals surface area contributed by atoms with Crippen LogP contribution in [0.3, 0.4) is 0 Å². The van der Waals surface area contributed by atoms with Crippen molar-refractivity contribution in [2.75, 3.05) is 6.61 Å². The van der Waals surface area contributed by atoms with Crippen LogP contribution in [0.2, 0.25) is 10.0 Å². The van der Waals surface area contributed by atoms with Crippen molar-refractivity contribution in [1.29, 1.82) is 0 Å². The zero-order valence-corrected chi connectivity index (χ0v) is 12.8. The fourth-order valence-electron chi connectivity index (χ4n) is 2.24. The van der Waals surface area contributed by atoms with Gasteiger partial charge in [0.05, 0.1) is 26.6 Å². The number of carbonyl (C=O) groups is 1. The molecule has 2 rings (SSSR count). The predicted octanol–water partition coefficient (Wildman–Crippen LogP) is 3.20. The Balaban J connectivity index is 2.20. The highest BCUT2D eigenvalue weighted by Crippen LogP contribution is 2.31. The number of carbonyl (C=O) groups excluding carboxylic acids is 1. The Morgan fingerprint density at radius 3 is 2.81 bits per heavy atom. The minimum atomic E-state index is -0.616. The van der Waals surface area contributed by atoms with E-state index in [-0.39, 0.29) is 33.4 Å². The summed E-state index contributed by atoms with van der Waals surface area (Å²) >= 11 is 11.8. The molecule has 1 aromatic carbocycles. The molecule has 1 aliphatic heterocycles. The molecule has 2 atom stereocenters. The molecule has 2 unspecified atom stereocenters. The van der Waals surface area contributed by atoms with E-state index in [0.29, 0.717) is 19.4 Å². The van der Waals surface area contributed by atoms with Crippen LogP contribution in [-0.4, -0.2) is 29.6 Å². The van der Waals surface area contributed by atoms with Gasteiger partial charge in [0, 0.05) is 24.8 Å². The van der Waals surface area contributed by atoms with Crippen molar-refractivity contribution in [2.24, 2.45) is 0 Å². The number of halogens is 2. The molecule has 0 radical (unpaired) electrons. The Morgan fingerprint density at radius 1 is 1.48 bits per heavy atom. The molecule has 1 amide bonds. The molecule has 1 fully saturated rings. The second-order valence-electron chi connectivity index (χ2n) is 4.92. The van der Waals surface area contributed by atoms with Gasteiger partial charge in [-0.25, -0.2) is 0 Å². The van der Waals surface area contributed by atoms with Gasteiger partial charge in [0.1, 0.15) is 0 Å². The lowest BCUT2D eigenvalue weighted by Crippen LogP contribution is -2.41. The Labute approximate surface area is 131 Å². The van der Waals surface area contributed by atoms with Crippen LogP contribution in [0, 0.1) is 10.1 Å². The van der Waals surface area contributed by atoms with Crippen LogP contribution in [0.25, 0.3) is 0 Å². The molecule has 0 aliphatic carbocycles. The minimum absolute atomic E-state index is 0.00927. The molecule has 0 bridgehead atoms. The van der Waals surface area contributed by atoms with E-state index in [2.05, 4.69) is 5.32 Å².